The van der Waals surface area contributed by atoms with Gasteiger partial charge in [0.05, 0.1) is 5.71 Å². The number of nitrogens with two attached hydrogens (primary N) is 1. The summed E-state index contributed by atoms with van der Waals surface area (Å²) < 4.78 is 10.8. The molecule has 0 spiro atoms. The van der Waals surface area contributed by atoms with Crippen molar-refractivity contribution in [3.8, 4) is 11.5 Å². The molecule has 0 fully saturated rings. The largest absolute Gasteiger partial charge is 0.486 e. The lowest BCUT2D eigenvalue weighted by atomic mass is 10.1. The van der Waals surface area contributed by atoms with Crippen LogP contribution in [0.15, 0.2) is 23.3 Å². The number of carbonyl (C=O) groups excluding carboxylic acids is 1. The summed E-state index contributed by atoms with van der Waals surface area (Å²) in [6.45, 7) is 2.86. The molecule has 1 aromatic carbocycles. The van der Waals surface area contributed by atoms with Gasteiger partial charge < -0.3 is 15.2 Å². The fourth-order valence-electron chi connectivity index (χ4n) is 1.47. The predicted octanol–water partition coefficient (Wildman–Crippen LogP) is 0.850. The van der Waals surface area contributed by atoms with Crippen LogP contribution in [0.2, 0.25) is 0 Å². The molecule has 0 aromatic heterocycles. The van der Waals surface area contributed by atoms with Crippen LogP contribution < -0.4 is 20.6 Å². The lowest BCUT2D eigenvalue weighted by Crippen LogP contribution is -2.25. The first-order chi connectivity index (χ1) is 8.16. The minimum atomic E-state index is -0.693. The number of rotatable bonds is 2. The number of fused-ring (bicyclic) bond motifs is 1. The maximum Gasteiger partial charge on any atom is 0.332 e. The number of benzene rings is 1. The molecule has 1 aromatic rings. The molecule has 0 bridgehead atoms. The van der Waals surface area contributed by atoms with Gasteiger partial charge in [-0.25, -0.2) is 10.2 Å². The monoisotopic (exact) mass is 235 g/mol. The van der Waals surface area contributed by atoms with Crippen LogP contribution in [0.25, 0.3) is 0 Å². The highest BCUT2D eigenvalue weighted by atomic mass is 16.6. The van der Waals surface area contributed by atoms with E-state index in [1.54, 1.807) is 6.92 Å². The summed E-state index contributed by atoms with van der Waals surface area (Å²) in [7, 11) is 0. The molecule has 2 rings (SSSR count). The van der Waals surface area contributed by atoms with E-state index < -0.39 is 6.03 Å². The molecule has 1 aliphatic heterocycles. The number of nitrogens with one attached hydrogen (secondary N) is 1. The zero-order chi connectivity index (χ0) is 12.3. The number of urea groups is 1. The highest BCUT2D eigenvalue weighted by molar-refractivity contribution is 5.99. The Morgan fingerprint density at radius 1 is 1.35 bits per heavy atom. The molecule has 0 atom stereocenters. The summed E-state index contributed by atoms with van der Waals surface area (Å²) in [5.74, 6) is 1.40. The highest BCUT2D eigenvalue weighted by Crippen LogP contribution is 2.30. The first-order valence-corrected chi connectivity index (χ1v) is 5.16. The quantitative estimate of drug-likeness (QED) is 0.588. The predicted molar refractivity (Wildman–Crippen MR) is 62.4 cm³/mol. The third kappa shape index (κ3) is 2.66. The molecule has 0 radical (unpaired) electrons. The van der Waals surface area contributed by atoms with E-state index >= 15 is 0 Å². The van der Waals surface area contributed by atoms with Crippen LogP contribution in [0.5, 0.6) is 11.5 Å². The average Bonchev–Trinajstić information content (AvgIpc) is 2.35. The standard InChI is InChI=1S/C11H13N3O3/c1-7(13-14-11(12)15)8-2-3-9-10(6-8)17-5-4-16-9/h2-3,6H,4-5H2,1H3,(H3,12,14,15). The fraction of sp³-hybridized carbons (Fsp3) is 0.273. The number of nitrogens with zero attached hydrogens (tertiary/aromatic N) is 1. The van der Waals surface area contributed by atoms with Crippen LogP contribution in [-0.4, -0.2) is 25.0 Å². The van der Waals surface area contributed by atoms with E-state index in [0.717, 1.165) is 11.3 Å². The number of hydrazone groups is 1. The van der Waals surface area contributed by atoms with Crippen molar-refractivity contribution in [2.24, 2.45) is 10.8 Å². The maximum atomic E-state index is 10.5. The molecule has 0 unspecified atom stereocenters. The Morgan fingerprint density at radius 3 is 2.76 bits per heavy atom. The SMILES string of the molecule is CC(=NNC(N)=O)c1ccc2c(c1)OCCO2. The summed E-state index contributed by atoms with van der Waals surface area (Å²) in [5, 5.41) is 3.84. The van der Waals surface area contributed by atoms with Crippen molar-refractivity contribution in [3.63, 3.8) is 0 Å². The summed E-state index contributed by atoms with van der Waals surface area (Å²) >= 11 is 0. The van der Waals surface area contributed by atoms with E-state index in [-0.39, 0.29) is 0 Å². The van der Waals surface area contributed by atoms with Crippen LogP contribution in [0.4, 0.5) is 4.79 Å². The third-order valence-electron chi connectivity index (χ3n) is 2.29. The molecule has 0 saturated carbocycles. The average molecular weight is 235 g/mol. The number of amides is 2. The Hall–Kier alpha value is -2.24. The van der Waals surface area contributed by atoms with Gasteiger partial charge in [0.25, 0.3) is 0 Å². The molecule has 6 heteroatoms. The van der Waals surface area contributed by atoms with Gasteiger partial charge in [-0.05, 0) is 25.1 Å². The fourth-order valence-corrected chi connectivity index (χ4v) is 1.47. The van der Waals surface area contributed by atoms with Crippen LogP contribution in [0.1, 0.15) is 12.5 Å². The molecule has 1 aliphatic rings. The van der Waals surface area contributed by atoms with Gasteiger partial charge in [0.15, 0.2) is 11.5 Å². The molecule has 0 saturated heterocycles. The van der Waals surface area contributed by atoms with Gasteiger partial charge in [0.1, 0.15) is 13.2 Å². The van der Waals surface area contributed by atoms with E-state index in [1.807, 2.05) is 18.2 Å². The van der Waals surface area contributed by atoms with Crippen LogP contribution in [0, 0.1) is 0 Å². The molecule has 17 heavy (non-hydrogen) atoms. The number of ether oxygens (including phenoxy) is 2. The molecule has 1 heterocycles. The van der Waals surface area contributed by atoms with Crippen LogP contribution >= 0.6 is 0 Å². The van der Waals surface area contributed by atoms with Crippen molar-refractivity contribution in [2.45, 2.75) is 6.92 Å². The van der Waals surface area contributed by atoms with Gasteiger partial charge in [-0.15, -0.1) is 0 Å². The molecule has 2 amide bonds. The summed E-state index contributed by atoms with van der Waals surface area (Å²) in [4.78, 5) is 10.5. The van der Waals surface area contributed by atoms with Crippen molar-refractivity contribution >= 4 is 11.7 Å². The van der Waals surface area contributed by atoms with Gasteiger partial charge >= 0.3 is 6.03 Å². The zero-order valence-corrected chi connectivity index (χ0v) is 9.40. The number of primary amides is 1. The zero-order valence-electron chi connectivity index (χ0n) is 9.40. The molecule has 0 aliphatic carbocycles. The minimum Gasteiger partial charge on any atom is -0.486 e. The number of carbonyl (C=O) groups is 1. The Morgan fingerprint density at radius 2 is 2.06 bits per heavy atom. The summed E-state index contributed by atoms with van der Waals surface area (Å²) in [5.41, 5.74) is 8.58. The molecular weight excluding hydrogens is 222 g/mol. The van der Waals surface area contributed by atoms with E-state index in [9.17, 15) is 4.79 Å². The van der Waals surface area contributed by atoms with Crippen LogP contribution in [-0.2, 0) is 0 Å². The second-order valence-electron chi connectivity index (χ2n) is 3.53. The molecule has 90 valence electrons. The Kier molecular flexibility index (Phi) is 3.13. The molecular formula is C11H13N3O3. The lowest BCUT2D eigenvalue weighted by molar-refractivity contribution is 0.171. The van der Waals surface area contributed by atoms with Crippen LogP contribution in [0.3, 0.4) is 0 Å². The topological polar surface area (TPSA) is 85.9 Å². The normalized spacial score (nSPS) is 14.3. The Labute approximate surface area is 98.4 Å². The number of hydrogen-bond acceptors (Lipinski definition) is 4. The van der Waals surface area contributed by atoms with Gasteiger partial charge in [0, 0.05) is 5.56 Å². The van der Waals surface area contributed by atoms with E-state index in [1.165, 1.54) is 0 Å². The Balaban J connectivity index is 2.21. The van der Waals surface area contributed by atoms with Crippen molar-refractivity contribution in [3.05, 3.63) is 23.8 Å². The first-order valence-electron chi connectivity index (χ1n) is 5.16. The van der Waals surface area contributed by atoms with E-state index in [4.69, 9.17) is 15.2 Å². The summed E-state index contributed by atoms with van der Waals surface area (Å²) in [6, 6.07) is 4.78. The van der Waals surface area contributed by atoms with Crippen molar-refractivity contribution in [1.82, 2.24) is 5.43 Å². The minimum absolute atomic E-state index is 0.534. The van der Waals surface area contributed by atoms with Gasteiger partial charge in [0.2, 0.25) is 0 Å². The molecule has 3 N–H and O–H groups in total. The van der Waals surface area contributed by atoms with Gasteiger partial charge in [-0.2, -0.15) is 5.10 Å². The maximum absolute atomic E-state index is 10.5. The highest BCUT2D eigenvalue weighted by Gasteiger charge is 2.12. The Bertz CT molecular complexity index is 471. The first kappa shape index (κ1) is 11.3. The van der Waals surface area contributed by atoms with E-state index in [2.05, 4.69) is 10.5 Å². The second kappa shape index (κ2) is 4.73. The van der Waals surface area contributed by atoms with E-state index in [0.29, 0.717) is 24.7 Å². The second-order valence-corrected chi connectivity index (χ2v) is 3.53. The third-order valence-corrected chi connectivity index (χ3v) is 2.29. The van der Waals surface area contributed by atoms with Crippen molar-refractivity contribution < 1.29 is 14.3 Å². The van der Waals surface area contributed by atoms with Crippen molar-refractivity contribution in [2.75, 3.05) is 13.2 Å². The number of hydrogen-bond donors (Lipinski definition) is 2. The summed E-state index contributed by atoms with van der Waals surface area (Å²) in [6.07, 6.45) is 0. The van der Waals surface area contributed by atoms with Gasteiger partial charge in [-0.1, -0.05) is 0 Å². The smallest absolute Gasteiger partial charge is 0.332 e. The van der Waals surface area contributed by atoms with Gasteiger partial charge in [-0.3, -0.25) is 0 Å². The lowest BCUT2D eigenvalue weighted by Gasteiger charge is -2.18. The molecule has 6 nitrogen and oxygen atoms in total. The van der Waals surface area contributed by atoms with Crippen molar-refractivity contribution in [1.29, 1.82) is 0 Å².